The number of aryl methyl sites for hydroxylation is 4. The summed E-state index contributed by atoms with van der Waals surface area (Å²) in [6.45, 7) is 5.88. The van der Waals surface area contributed by atoms with Crippen molar-refractivity contribution in [2.24, 2.45) is 7.05 Å². The van der Waals surface area contributed by atoms with Gasteiger partial charge in [-0.3, -0.25) is 0 Å². The van der Waals surface area contributed by atoms with Crippen molar-refractivity contribution in [1.29, 1.82) is 5.26 Å². The fourth-order valence-corrected chi connectivity index (χ4v) is 1.77. The number of rotatable bonds is 2. The van der Waals surface area contributed by atoms with Crippen LogP contribution >= 0.6 is 0 Å². The molecule has 0 unspecified atom stereocenters. The summed E-state index contributed by atoms with van der Waals surface area (Å²) < 4.78 is 7.35. The molecular formula is C14H15N3O. The van der Waals surface area contributed by atoms with Gasteiger partial charge in [0.1, 0.15) is 17.4 Å². The Labute approximate surface area is 106 Å². The largest absolute Gasteiger partial charge is 0.438 e. The van der Waals surface area contributed by atoms with E-state index in [4.69, 9.17) is 10.00 Å². The molecule has 1 aromatic carbocycles. The molecule has 92 valence electrons. The van der Waals surface area contributed by atoms with E-state index in [1.165, 1.54) is 5.56 Å². The highest BCUT2D eigenvalue weighted by atomic mass is 16.5. The molecule has 4 heteroatoms. The highest BCUT2D eigenvalue weighted by Crippen LogP contribution is 2.27. The van der Waals surface area contributed by atoms with Crippen molar-refractivity contribution in [3.8, 4) is 17.7 Å². The van der Waals surface area contributed by atoms with E-state index in [-0.39, 0.29) is 0 Å². The maximum Gasteiger partial charge on any atom is 0.235 e. The third-order valence-electron chi connectivity index (χ3n) is 2.97. The van der Waals surface area contributed by atoms with E-state index in [9.17, 15) is 0 Å². The molecule has 0 saturated heterocycles. The van der Waals surface area contributed by atoms with Crippen LogP contribution in [0.15, 0.2) is 18.2 Å². The first-order valence-electron chi connectivity index (χ1n) is 5.71. The van der Waals surface area contributed by atoms with E-state index < -0.39 is 0 Å². The van der Waals surface area contributed by atoms with Gasteiger partial charge in [0.15, 0.2) is 0 Å². The lowest BCUT2D eigenvalue weighted by Crippen LogP contribution is -1.96. The van der Waals surface area contributed by atoms with Crippen LogP contribution in [0.1, 0.15) is 22.4 Å². The Balaban J connectivity index is 2.40. The number of ether oxygens (including phenoxy) is 1. The van der Waals surface area contributed by atoms with Crippen LogP contribution in [0.4, 0.5) is 0 Å². The van der Waals surface area contributed by atoms with Crippen LogP contribution in [0, 0.1) is 32.1 Å². The lowest BCUT2D eigenvalue weighted by molar-refractivity contribution is 0.429. The molecule has 4 nitrogen and oxygen atoms in total. The van der Waals surface area contributed by atoms with Gasteiger partial charge in [0, 0.05) is 7.05 Å². The summed E-state index contributed by atoms with van der Waals surface area (Å²) in [5.74, 6) is 1.20. The highest BCUT2D eigenvalue weighted by molar-refractivity contribution is 5.45. The Bertz CT molecular complexity index is 635. The molecule has 0 atom stereocenters. The lowest BCUT2D eigenvalue weighted by Gasteiger charge is -2.08. The van der Waals surface area contributed by atoms with Crippen molar-refractivity contribution in [2.75, 3.05) is 0 Å². The second-order valence-electron chi connectivity index (χ2n) is 4.35. The molecule has 0 spiro atoms. The third-order valence-corrected chi connectivity index (χ3v) is 2.97. The summed E-state index contributed by atoms with van der Waals surface area (Å²) in [7, 11) is 1.77. The number of benzene rings is 1. The van der Waals surface area contributed by atoms with E-state index in [1.54, 1.807) is 18.7 Å². The minimum absolute atomic E-state index is 0.482. The van der Waals surface area contributed by atoms with Gasteiger partial charge in [-0.2, -0.15) is 10.4 Å². The van der Waals surface area contributed by atoms with Crippen molar-refractivity contribution >= 4 is 0 Å². The fraction of sp³-hybridized carbons (Fsp3) is 0.286. The maximum absolute atomic E-state index is 9.11. The van der Waals surface area contributed by atoms with Gasteiger partial charge in [0.05, 0.1) is 5.69 Å². The van der Waals surface area contributed by atoms with Crippen LogP contribution in [0.5, 0.6) is 11.6 Å². The predicted molar refractivity (Wildman–Crippen MR) is 68.7 cm³/mol. The zero-order valence-corrected chi connectivity index (χ0v) is 11.0. The molecule has 0 fully saturated rings. The maximum atomic E-state index is 9.11. The molecule has 2 aromatic rings. The van der Waals surface area contributed by atoms with E-state index >= 15 is 0 Å². The Hall–Kier alpha value is -2.28. The van der Waals surface area contributed by atoms with Crippen LogP contribution in [0.3, 0.4) is 0 Å². The van der Waals surface area contributed by atoms with Gasteiger partial charge in [0.2, 0.25) is 5.88 Å². The average Bonchev–Trinajstić information content (AvgIpc) is 2.58. The summed E-state index contributed by atoms with van der Waals surface area (Å²) in [5.41, 5.74) is 3.53. The van der Waals surface area contributed by atoms with Gasteiger partial charge >= 0.3 is 0 Å². The Kier molecular flexibility index (Phi) is 3.07. The minimum Gasteiger partial charge on any atom is -0.438 e. The topological polar surface area (TPSA) is 50.8 Å². The van der Waals surface area contributed by atoms with Crippen LogP contribution < -0.4 is 4.74 Å². The highest BCUT2D eigenvalue weighted by Gasteiger charge is 2.15. The summed E-state index contributed by atoms with van der Waals surface area (Å²) in [6.07, 6.45) is 0. The SMILES string of the molecule is Cc1ccc(Oc2c(C#N)c(C)nn2C)cc1C. The number of hydrogen-bond donors (Lipinski definition) is 0. The molecule has 0 radical (unpaired) electrons. The molecular weight excluding hydrogens is 226 g/mol. The van der Waals surface area contributed by atoms with Gasteiger partial charge in [-0.1, -0.05) is 6.07 Å². The number of nitrogens with zero attached hydrogens (tertiary/aromatic N) is 3. The zero-order valence-electron chi connectivity index (χ0n) is 11.0. The number of hydrogen-bond acceptors (Lipinski definition) is 3. The predicted octanol–water partition coefficient (Wildman–Crippen LogP) is 3.01. The Morgan fingerprint density at radius 2 is 1.94 bits per heavy atom. The lowest BCUT2D eigenvalue weighted by atomic mass is 10.1. The van der Waals surface area contributed by atoms with Crippen LogP contribution in [-0.2, 0) is 7.05 Å². The van der Waals surface area contributed by atoms with Gasteiger partial charge in [-0.05, 0) is 44.0 Å². The van der Waals surface area contributed by atoms with Gasteiger partial charge in [-0.25, -0.2) is 4.68 Å². The van der Waals surface area contributed by atoms with Crippen molar-refractivity contribution in [3.05, 3.63) is 40.6 Å². The molecule has 1 aromatic heterocycles. The normalized spacial score (nSPS) is 10.2. The van der Waals surface area contributed by atoms with Gasteiger partial charge in [0.25, 0.3) is 0 Å². The Morgan fingerprint density at radius 3 is 2.56 bits per heavy atom. The van der Waals surface area contributed by atoms with Crippen LogP contribution in [0.25, 0.3) is 0 Å². The number of nitriles is 1. The van der Waals surface area contributed by atoms with Crippen molar-refractivity contribution < 1.29 is 4.74 Å². The van der Waals surface area contributed by atoms with E-state index in [0.717, 1.165) is 11.3 Å². The molecule has 0 saturated carbocycles. The number of aromatic nitrogens is 2. The molecule has 0 aliphatic carbocycles. The molecule has 0 aliphatic rings. The summed E-state index contributed by atoms with van der Waals surface area (Å²) >= 11 is 0. The summed E-state index contributed by atoms with van der Waals surface area (Å²) in [5, 5.41) is 13.3. The molecule has 0 bridgehead atoms. The quantitative estimate of drug-likeness (QED) is 0.812. The summed E-state index contributed by atoms with van der Waals surface area (Å²) in [4.78, 5) is 0. The monoisotopic (exact) mass is 241 g/mol. The van der Waals surface area contributed by atoms with Crippen LogP contribution in [0.2, 0.25) is 0 Å². The minimum atomic E-state index is 0.482. The molecule has 2 rings (SSSR count). The first-order chi connectivity index (χ1) is 8.52. The van der Waals surface area contributed by atoms with E-state index in [1.807, 2.05) is 32.0 Å². The van der Waals surface area contributed by atoms with Crippen LogP contribution in [-0.4, -0.2) is 9.78 Å². The third kappa shape index (κ3) is 2.07. The Morgan fingerprint density at radius 1 is 1.22 bits per heavy atom. The first kappa shape index (κ1) is 12.2. The van der Waals surface area contributed by atoms with E-state index in [0.29, 0.717) is 17.1 Å². The van der Waals surface area contributed by atoms with Gasteiger partial charge < -0.3 is 4.74 Å². The molecule has 1 heterocycles. The second kappa shape index (κ2) is 4.53. The van der Waals surface area contributed by atoms with E-state index in [2.05, 4.69) is 11.2 Å². The molecule has 0 amide bonds. The van der Waals surface area contributed by atoms with Gasteiger partial charge in [-0.15, -0.1) is 0 Å². The molecule has 0 aliphatic heterocycles. The zero-order chi connectivity index (χ0) is 13.3. The second-order valence-corrected chi connectivity index (χ2v) is 4.35. The van der Waals surface area contributed by atoms with Crippen molar-refractivity contribution in [1.82, 2.24) is 9.78 Å². The van der Waals surface area contributed by atoms with Crippen molar-refractivity contribution in [3.63, 3.8) is 0 Å². The standard InChI is InChI=1S/C14H15N3O/c1-9-5-6-12(7-10(9)2)18-14-13(8-15)11(3)16-17(14)4/h5-7H,1-4H3. The summed E-state index contributed by atoms with van der Waals surface area (Å²) in [6, 6.07) is 7.97. The average molecular weight is 241 g/mol. The molecule has 18 heavy (non-hydrogen) atoms. The molecule has 0 N–H and O–H groups in total. The fourth-order valence-electron chi connectivity index (χ4n) is 1.77. The smallest absolute Gasteiger partial charge is 0.235 e. The van der Waals surface area contributed by atoms with Crippen molar-refractivity contribution in [2.45, 2.75) is 20.8 Å². The first-order valence-corrected chi connectivity index (χ1v) is 5.71.